The first-order valence-electron chi connectivity index (χ1n) is 4.60. The molecule has 0 saturated heterocycles. The van der Waals surface area contributed by atoms with Crippen molar-refractivity contribution in [2.24, 2.45) is 0 Å². The highest BCUT2D eigenvalue weighted by atomic mass is 16.5. The quantitative estimate of drug-likeness (QED) is 0.494. The van der Waals surface area contributed by atoms with Crippen LogP contribution in [-0.2, 0) is 19.1 Å². The molecule has 0 saturated carbocycles. The maximum atomic E-state index is 10.6. The van der Waals surface area contributed by atoms with Crippen molar-refractivity contribution in [2.75, 3.05) is 0 Å². The largest absolute Gasteiger partial charge is 0.458 e. The molecule has 4 nitrogen and oxygen atoms in total. The molecule has 1 aliphatic carbocycles. The second kappa shape index (κ2) is 4.79. The van der Waals surface area contributed by atoms with Crippen molar-refractivity contribution in [3.8, 4) is 0 Å². The van der Waals surface area contributed by atoms with Crippen LogP contribution in [0.3, 0.4) is 0 Å². The second-order valence-corrected chi connectivity index (χ2v) is 3.26. The van der Waals surface area contributed by atoms with E-state index in [0.29, 0.717) is 12.8 Å². The third-order valence-electron chi connectivity index (χ3n) is 1.91. The summed E-state index contributed by atoms with van der Waals surface area (Å²) in [7, 11) is 0. The van der Waals surface area contributed by atoms with Gasteiger partial charge in [0.05, 0.1) is 0 Å². The van der Waals surface area contributed by atoms with Crippen molar-refractivity contribution in [1.29, 1.82) is 0 Å². The molecule has 0 amide bonds. The summed E-state index contributed by atoms with van der Waals surface area (Å²) in [4.78, 5) is 21.3. The van der Waals surface area contributed by atoms with E-state index in [9.17, 15) is 9.59 Å². The minimum absolute atomic E-state index is 0.167. The van der Waals surface area contributed by atoms with Crippen molar-refractivity contribution in [1.82, 2.24) is 0 Å². The standard InChI is InChI=1S/C10H14O4/c1-7(11)13-9-3-5-10(6-4-9)14-8(2)12/h3,5,9-10H,4,6H2,1-2H3. The van der Waals surface area contributed by atoms with Crippen LogP contribution in [0, 0.1) is 0 Å². The molecule has 1 rings (SSSR count). The fraction of sp³-hybridized carbons (Fsp3) is 0.600. The predicted molar refractivity (Wildman–Crippen MR) is 49.5 cm³/mol. The molecule has 1 aliphatic rings. The van der Waals surface area contributed by atoms with Gasteiger partial charge >= 0.3 is 11.9 Å². The van der Waals surface area contributed by atoms with Gasteiger partial charge in [-0.15, -0.1) is 0 Å². The fourth-order valence-corrected chi connectivity index (χ4v) is 1.39. The zero-order chi connectivity index (χ0) is 10.6. The van der Waals surface area contributed by atoms with Crippen LogP contribution in [0.2, 0.25) is 0 Å². The van der Waals surface area contributed by atoms with Crippen molar-refractivity contribution in [3.05, 3.63) is 12.2 Å². The summed E-state index contributed by atoms with van der Waals surface area (Å²) in [5, 5.41) is 0. The lowest BCUT2D eigenvalue weighted by Crippen LogP contribution is -2.24. The summed E-state index contributed by atoms with van der Waals surface area (Å²) in [6, 6.07) is 0. The lowest BCUT2D eigenvalue weighted by molar-refractivity contribution is -0.148. The van der Waals surface area contributed by atoms with E-state index in [1.165, 1.54) is 13.8 Å². The molecule has 0 aliphatic heterocycles. The topological polar surface area (TPSA) is 52.6 Å². The van der Waals surface area contributed by atoms with Crippen LogP contribution in [-0.4, -0.2) is 24.1 Å². The molecular weight excluding hydrogens is 184 g/mol. The van der Waals surface area contributed by atoms with Gasteiger partial charge in [-0.2, -0.15) is 0 Å². The molecule has 78 valence electrons. The Morgan fingerprint density at radius 3 is 1.57 bits per heavy atom. The van der Waals surface area contributed by atoms with Crippen LogP contribution in [0.4, 0.5) is 0 Å². The molecule has 0 aromatic heterocycles. The lowest BCUT2D eigenvalue weighted by Gasteiger charge is -2.22. The Morgan fingerprint density at radius 1 is 1.00 bits per heavy atom. The molecule has 0 bridgehead atoms. The Balaban J connectivity index is 2.39. The summed E-state index contributed by atoms with van der Waals surface area (Å²) in [6.45, 7) is 2.76. The first-order valence-corrected chi connectivity index (χ1v) is 4.60. The summed E-state index contributed by atoms with van der Waals surface area (Å²) < 4.78 is 9.96. The average molecular weight is 198 g/mol. The fourth-order valence-electron chi connectivity index (χ4n) is 1.39. The van der Waals surface area contributed by atoms with Gasteiger partial charge in [0.2, 0.25) is 0 Å². The lowest BCUT2D eigenvalue weighted by atomic mass is 10.0. The highest BCUT2D eigenvalue weighted by molar-refractivity contribution is 5.67. The van der Waals surface area contributed by atoms with Crippen LogP contribution < -0.4 is 0 Å². The van der Waals surface area contributed by atoms with E-state index in [4.69, 9.17) is 9.47 Å². The number of esters is 2. The van der Waals surface area contributed by atoms with Gasteiger partial charge in [0.25, 0.3) is 0 Å². The van der Waals surface area contributed by atoms with E-state index >= 15 is 0 Å². The normalized spacial score (nSPS) is 25.6. The summed E-state index contributed by atoms with van der Waals surface area (Å²) in [5.41, 5.74) is 0. The van der Waals surface area contributed by atoms with E-state index in [1.807, 2.05) is 0 Å². The molecule has 14 heavy (non-hydrogen) atoms. The van der Waals surface area contributed by atoms with Crippen LogP contribution in [0.5, 0.6) is 0 Å². The van der Waals surface area contributed by atoms with Gasteiger partial charge in [0.1, 0.15) is 12.2 Å². The third-order valence-corrected chi connectivity index (χ3v) is 1.91. The summed E-state index contributed by atoms with van der Waals surface area (Å²) in [6.07, 6.45) is 4.60. The minimum atomic E-state index is -0.286. The van der Waals surface area contributed by atoms with Crippen LogP contribution >= 0.6 is 0 Å². The molecule has 2 unspecified atom stereocenters. The van der Waals surface area contributed by atoms with E-state index < -0.39 is 0 Å². The average Bonchev–Trinajstić information content (AvgIpc) is 2.06. The number of hydrogen-bond acceptors (Lipinski definition) is 4. The molecule has 0 aromatic carbocycles. The van der Waals surface area contributed by atoms with Crippen molar-refractivity contribution < 1.29 is 19.1 Å². The summed E-state index contributed by atoms with van der Waals surface area (Å²) >= 11 is 0. The van der Waals surface area contributed by atoms with Crippen LogP contribution in [0.15, 0.2) is 12.2 Å². The molecule has 2 atom stereocenters. The number of carbonyl (C=O) groups is 2. The van der Waals surface area contributed by atoms with Crippen molar-refractivity contribution in [3.63, 3.8) is 0 Å². The molecule has 4 heteroatoms. The van der Waals surface area contributed by atoms with Gasteiger partial charge in [0, 0.05) is 13.8 Å². The van der Waals surface area contributed by atoms with Crippen LogP contribution in [0.25, 0.3) is 0 Å². The maximum Gasteiger partial charge on any atom is 0.303 e. The van der Waals surface area contributed by atoms with Crippen molar-refractivity contribution in [2.45, 2.75) is 38.9 Å². The molecule has 0 spiro atoms. The first kappa shape index (κ1) is 10.8. The zero-order valence-electron chi connectivity index (χ0n) is 8.36. The highest BCUT2D eigenvalue weighted by Gasteiger charge is 2.19. The van der Waals surface area contributed by atoms with E-state index in [1.54, 1.807) is 12.2 Å². The minimum Gasteiger partial charge on any atom is -0.458 e. The molecule has 0 heterocycles. The van der Waals surface area contributed by atoms with Gasteiger partial charge < -0.3 is 9.47 Å². The molecule has 0 N–H and O–H groups in total. The van der Waals surface area contributed by atoms with Crippen molar-refractivity contribution >= 4 is 11.9 Å². The Hall–Kier alpha value is -1.32. The number of ether oxygens (including phenoxy) is 2. The molecule has 0 radical (unpaired) electrons. The Morgan fingerprint density at radius 2 is 1.36 bits per heavy atom. The Labute approximate surface area is 82.9 Å². The second-order valence-electron chi connectivity index (χ2n) is 3.26. The Kier molecular flexibility index (Phi) is 3.68. The molecule has 0 fully saturated rings. The number of hydrogen-bond donors (Lipinski definition) is 0. The van der Waals surface area contributed by atoms with Gasteiger partial charge in [0.15, 0.2) is 0 Å². The van der Waals surface area contributed by atoms with Gasteiger partial charge in [-0.25, -0.2) is 0 Å². The number of rotatable bonds is 2. The SMILES string of the molecule is CC(=O)OC1C=CC(OC(C)=O)CC1. The summed E-state index contributed by atoms with van der Waals surface area (Å²) in [5.74, 6) is -0.573. The third kappa shape index (κ3) is 3.60. The van der Waals surface area contributed by atoms with Gasteiger partial charge in [-0.3, -0.25) is 9.59 Å². The maximum absolute atomic E-state index is 10.6. The Bertz CT molecular complexity index is 231. The number of carbonyl (C=O) groups excluding carboxylic acids is 2. The van der Waals surface area contributed by atoms with Gasteiger partial charge in [-0.05, 0) is 25.0 Å². The zero-order valence-corrected chi connectivity index (χ0v) is 8.36. The smallest absolute Gasteiger partial charge is 0.303 e. The van der Waals surface area contributed by atoms with E-state index in [2.05, 4.69) is 0 Å². The highest BCUT2D eigenvalue weighted by Crippen LogP contribution is 2.17. The molecular formula is C10H14O4. The molecule has 0 aromatic rings. The van der Waals surface area contributed by atoms with Gasteiger partial charge in [-0.1, -0.05) is 0 Å². The monoisotopic (exact) mass is 198 g/mol. The first-order chi connectivity index (χ1) is 6.58. The van der Waals surface area contributed by atoms with E-state index in [0.717, 1.165) is 0 Å². The van der Waals surface area contributed by atoms with E-state index in [-0.39, 0.29) is 24.1 Å². The van der Waals surface area contributed by atoms with Crippen LogP contribution in [0.1, 0.15) is 26.7 Å². The predicted octanol–water partition coefficient (Wildman–Crippen LogP) is 1.20.